The van der Waals surface area contributed by atoms with E-state index in [0.29, 0.717) is 5.69 Å². The van der Waals surface area contributed by atoms with Gasteiger partial charge in [-0.15, -0.1) is 0 Å². The number of hydrogen-bond donors (Lipinski definition) is 3. The van der Waals surface area contributed by atoms with Gasteiger partial charge in [0.2, 0.25) is 0 Å². The molecule has 3 N–H and O–H groups in total. The molecule has 16 heavy (non-hydrogen) atoms. The van der Waals surface area contributed by atoms with Crippen LogP contribution < -0.4 is 5.32 Å². The second-order valence-corrected chi connectivity index (χ2v) is 3.78. The summed E-state index contributed by atoms with van der Waals surface area (Å²) in [6, 6.07) is 5.93. The lowest BCUT2D eigenvalue weighted by atomic mass is 10.1. The third kappa shape index (κ3) is 2.92. The monoisotopic (exact) mass is 224 g/mol. The van der Waals surface area contributed by atoms with E-state index in [-0.39, 0.29) is 12.1 Å². The molecule has 1 aromatic rings. The van der Waals surface area contributed by atoms with Crippen molar-refractivity contribution < 1.29 is 14.6 Å². The Labute approximate surface area is 93.0 Å². The molecule has 0 spiro atoms. The van der Waals surface area contributed by atoms with Crippen molar-refractivity contribution in [2.75, 3.05) is 18.5 Å². The van der Waals surface area contributed by atoms with Gasteiger partial charge in [0.25, 0.3) is 0 Å². The summed E-state index contributed by atoms with van der Waals surface area (Å²) in [7, 11) is 0. The van der Waals surface area contributed by atoms with Crippen molar-refractivity contribution in [2.45, 2.75) is 12.5 Å². The van der Waals surface area contributed by atoms with E-state index in [0.717, 1.165) is 0 Å². The Balaban J connectivity index is 2.83. The smallest absolute Gasteiger partial charge is 0.143 e. The van der Waals surface area contributed by atoms with Gasteiger partial charge in [-0.25, -0.2) is 4.39 Å². The molecule has 0 amide bonds. The van der Waals surface area contributed by atoms with Crippen LogP contribution in [0.2, 0.25) is 0 Å². The average molecular weight is 224 g/mol. The lowest BCUT2D eigenvalue weighted by Crippen LogP contribution is -2.37. The number of hydrogen-bond acceptors (Lipinski definition) is 4. The molecular weight excluding hydrogens is 211 g/mol. The van der Waals surface area contributed by atoms with Crippen molar-refractivity contribution in [2.24, 2.45) is 0 Å². The number of nitriles is 1. The maximum Gasteiger partial charge on any atom is 0.143 e. The molecule has 0 fully saturated rings. The summed E-state index contributed by atoms with van der Waals surface area (Å²) in [5.74, 6) is -0.615. The largest absolute Gasteiger partial charge is 0.393 e. The van der Waals surface area contributed by atoms with Crippen molar-refractivity contribution in [3.05, 3.63) is 29.6 Å². The first-order valence-corrected chi connectivity index (χ1v) is 4.76. The quantitative estimate of drug-likeness (QED) is 0.708. The van der Waals surface area contributed by atoms with Crippen molar-refractivity contribution in [3.8, 4) is 6.07 Å². The summed E-state index contributed by atoms with van der Waals surface area (Å²) >= 11 is 0. The molecule has 5 heteroatoms. The second-order valence-electron chi connectivity index (χ2n) is 3.78. The van der Waals surface area contributed by atoms with E-state index >= 15 is 0 Å². The van der Waals surface area contributed by atoms with E-state index < -0.39 is 18.0 Å². The van der Waals surface area contributed by atoms with Crippen LogP contribution in [0.25, 0.3) is 0 Å². The standard InChI is InChI=1S/C11H13FN2O2/c1-11(16,7-15)6-14-10-4-2-3-9(12)8(10)5-13/h2-4,14-16H,6-7H2,1H3. The van der Waals surface area contributed by atoms with Crippen LogP contribution in [-0.2, 0) is 0 Å². The fourth-order valence-corrected chi connectivity index (χ4v) is 1.13. The van der Waals surface area contributed by atoms with Crippen LogP contribution >= 0.6 is 0 Å². The molecule has 0 saturated heterocycles. The molecule has 86 valence electrons. The van der Waals surface area contributed by atoms with E-state index in [1.54, 1.807) is 6.07 Å². The summed E-state index contributed by atoms with van der Waals surface area (Å²) in [5.41, 5.74) is -1.11. The van der Waals surface area contributed by atoms with Crippen LogP contribution in [0, 0.1) is 17.1 Å². The second kappa shape index (κ2) is 4.92. The zero-order valence-corrected chi connectivity index (χ0v) is 8.87. The lowest BCUT2D eigenvalue weighted by molar-refractivity contribution is 0.0132. The lowest BCUT2D eigenvalue weighted by Gasteiger charge is -2.21. The topological polar surface area (TPSA) is 76.3 Å². The van der Waals surface area contributed by atoms with E-state index in [1.807, 2.05) is 0 Å². The molecular formula is C11H13FN2O2. The molecule has 1 unspecified atom stereocenters. The maximum atomic E-state index is 13.2. The number of rotatable bonds is 4. The summed E-state index contributed by atoms with van der Waals surface area (Å²) < 4.78 is 13.2. The van der Waals surface area contributed by atoms with Crippen molar-refractivity contribution in [1.82, 2.24) is 0 Å². The van der Waals surface area contributed by atoms with Gasteiger partial charge in [-0.1, -0.05) is 6.07 Å². The van der Waals surface area contributed by atoms with E-state index in [2.05, 4.69) is 5.32 Å². The first kappa shape index (κ1) is 12.4. The van der Waals surface area contributed by atoms with Gasteiger partial charge in [-0.2, -0.15) is 5.26 Å². The summed E-state index contributed by atoms with van der Waals surface area (Å²) in [6.45, 7) is 1.05. The minimum absolute atomic E-state index is 0.0294. The molecule has 1 rings (SSSR count). The number of halogens is 1. The number of nitrogens with one attached hydrogen (secondary N) is 1. The Bertz CT molecular complexity index is 413. The summed E-state index contributed by atoms with van der Waals surface area (Å²) in [6.07, 6.45) is 0. The van der Waals surface area contributed by atoms with Crippen LogP contribution in [0.3, 0.4) is 0 Å². The van der Waals surface area contributed by atoms with Crippen LogP contribution in [0.4, 0.5) is 10.1 Å². The molecule has 0 aliphatic rings. The SMILES string of the molecule is CC(O)(CO)CNc1cccc(F)c1C#N. The van der Waals surface area contributed by atoms with Gasteiger partial charge in [-0.05, 0) is 19.1 Å². The van der Waals surface area contributed by atoms with E-state index in [9.17, 15) is 9.50 Å². The van der Waals surface area contributed by atoms with Gasteiger partial charge in [-0.3, -0.25) is 0 Å². The van der Waals surface area contributed by atoms with Crippen molar-refractivity contribution in [3.63, 3.8) is 0 Å². The van der Waals surface area contributed by atoms with Crippen LogP contribution in [0.1, 0.15) is 12.5 Å². The summed E-state index contributed by atoms with van der Waals surface area (Å²) in [5, 5.41) is 29.8. The predicted molar refractivity (Wildman–Crippen MR) is 57.3 cm³/mol. The third-order valence-electron chi connectivity index (χ3n) is 2.13. The van der Waals surface area contributed by atoms with Crippen LogP contribution in [0.15, 0.2) is 18.2 Å². The predicted octanol–water partition coefficient (Wildman–Crippen LogP) is 0.853. The van der Waals surface area contributed by atoms with Crippen molar-refractivity contribution >= 4 is 5.69 Å². The highest BCUT2D eigenvalue weighted by Crippen LogP contribution is 2.18. The van der Waals surface area contributed by atoms with Crippen molar-refractivity contribution in [1.29, 1.82) is 5.26 Å². The minimum atomic E-state index is -1.31. The number of aliphatic hydroxyl groups excluding tert-OH is 1. The molecule has 0 aromatic heterocycles. The number of aliphatic hydroxyl groups is 2. The fourth-order valence-electron chi connectivity index (χ4n) is 1.13. The van der Waals surface area contributed by atoms with Gasteiger partial charge in [0, 0.05) is 6.54 Å². The van der Waals surface area contributed by atoms with E-state index in [4.69, 9.17) is 10.4 Å². The zero-order chi connectivity index (χ0) is 12.2. The molecule has 1 atom stereocenters. The molecule has 0 radical (unpaired) electrons. The fraction of sp³-hybridized carbons (Fsp3) is 0.364. The summed E-state index contributed by atoms with van der Waals surface area (Å²) in [4.78, 5) is 0. The van der Waals surface area contributed by atoms with Gasteiger partial charge in [0.15, 0.2) is 0 Å². The number of nitrogens with zero attached hydrogens (tertiary/aromatic N) is 1. The third-order valence-corrected chi connectivity index (χ3v) is 2.13. The number of anilines is 1. The normalized spacial score (nSPS) is 13.9. The molecule has 1 aromatic carbocycles. The Morgan fingerprint density at radius 2 is 2.25 bits per heavy atom. The Morgan fingerprint density at radius 1 is 1.56 bits per heavy atom. The van der Waals surface area contributed by atoms with Gasteiger partial charge >= 0.3 is 0 Å². The minimum Gasteiger partial charge on any atom is -0.393 e. The Morgan fingerprint density at radius 3 is 2.81 bits per heavy atom. The van der Waals surface area contributed by atoms with Gasteiger partial charge in [0.1, 0.15) is 23.1 Å². The molecule has 0 bridgehead atoms. The van der Waals surface area contributed by atoms with E-state index in [1.165, 1.54) is 25.1 Å². The van der Waals surface area contributed by atoms with Gasteiger partial charge in [0.05, 0.1) is 12.3 Å². The van der Waals surface area contributed by atoms with Crippen LogP contribution in [-0.4, -0.2) is 29.0 Å². The van der Waals surface area contributed by atoms with Crippen LogP contribution in [0.5, 0.6) is 0 Å². The molecule has 0 aliphatic heterocycles. The Kier molecular flexibility index (Phi) is 3.82. The number of benzene rings is 1. The maximum absolute atomic E-state index is 13.2. The Hall–Kier alpha value is -1.64. The molecule has 0 aliphatic carbocycles. The first-order chi connectivity index (χ1) is 7.50. The molecule has 0 heterocycles. The molecule has 0 saturated carbocycles. The first-order valence-electron chi connectivity index (χ1n) is 4.76. The molecule has 4 nitrogen and oxygen atoms in total. The zero-order valence-electron chi connectivity index (χ0n) is 8.87. The average Bonchev–Trinajstić information content (AvgIpc) is 2.26. The highest BCUT2D eigenvalue weighted by Gasteiger charge is 2.19. The highest BCUT2D eigenvalue weighted by atomic mass is 19.1. The van der Waals surface area contributed by atoms with Gasteiger partial charge < -0.3 is 15.5 Å². The highest BCUT2D eigenvalue weighted by molar-refractivity contribution is 5.58.